The Balaban J connectivity index is 1.65. The number of nitro benzene ring substituents is 1. The maximum atomic E-state index is 11.9. The van der Waals surface area contributed by atoms with Crippen molar-refractivity contribution in [2.45, 2.75) is 17.7 Å². The molecule has 0 amide bonds. The second-order valence-corrected chi connectivity index (χ2v) is 8.72. The van der Waals surface area contributed by atoms with Gasteiger partial charge in [-0.2, -0.15) is 0 Å². The standard InChI is InChI=1S/C19H22N2O5S/c1-27(24,25)19-13-16(7-8-18(19)21(22)23)20-11-9-15(10-12-20)14-26-17-5-3-2-4-6-17/h2-8,13,15H,9-12,14H2,1H3. The van der Waals surface area contributed by atoms with Gasteiger partial charge in [0.05, 0.1) is 11.5 Å². The molecule has 1 aliphatic rings. The minimum Gasteiger partial charge on any atom is -0.493 e. The van der Waals surface area contributed by atoms with Gasteiger partial charge in [0.25, 0.3) is 5.69 Å². The molecule has 0 saturated carbocycles. The first-order chi connectivity index (χ1) is 12.8. The molecule has 0 radical (unpaired) electrons. The summed E-state index contributed by atoms with van der Waals surface area (Å²) in [5.41, 5.74) is 0.316. The zero-order valence-corrected chi connectivity index (χ0v) is 15.9. The van der Waals surface area contributed by atoms with Crippen LogP contribution in [0.15, 0.2) is 53.4 Å². The van der Waals surface area contributed by atoms with E-state index in [1.807, 2.05) is 30.3 Å². The van der Waals surface area contributed by atoms with Gasteiger partial charge < -0.3 is 9.64 Å². The van der Waals surface area contributed by atoms with Crippen molar-refractivity contribution in [2.24, 2.45) is 5.92 Å². The minimum atomic E-state index is -3.68. The van der Waals surface area contributed by atoms with Crippen molar-refractivity contribution in [1.29, 1.82) is 0 Å². The lowest BCUT2D eigenvalue weighted by atomic mass is 9.97. The van der Waals surface area contributed by atoms with E-state index in [0.717, 1.165) is 37.9 Å². The fraction of sp³-hybridized carbons (Fsp3) is 0.368. The Morgan fingerprint density at radius 3 is 2.41 bits per heavy atom. The maximum Gasteiger partial charge on any atom is 0.288 e. The number of benzene rings is 2. The zero-order chi connectivity index (χ0) is 19.4. The Morgan fingerprint density at radius 2 is 1.81 bits per heavy atom. The Labute approximate surface area is 158 Å². The molecule has 0 aliphatic carbocycles. The van der Waals surface area contributed by atoms with Crippen LogP contribution >= 0.6 is 0 Å². The molecule has 1 aliphatic heterocycles. The molecule has 27 heavy (non-hydrogen) atoms. The summed E-state index contributed by atoms with van der Waals surface area (Å²) in [6.07, 6.45) is 2.82. The van der Waals surface area contributed by atoms with Crippen molar-refractivity contribution in [3.63, 3.8) is 0 Å². The van der Waals surface area contributed by atoms with E-state index in [9.17, 15) is 18.5 Å². The number of hydrogen-bond acceptors (Lipinski definition) is 6. The number of nitro groups is 1. The van der Waals surface area contributed by atoms with Gasteiger partial charge in [0.2, 0.25) is 0 Å². The monoisotopic (exact) mass is 390 g/mol. The van der Waals surface area contributed by atoms with Crippen molar-refractivity contribution in [3.8, 4) is 5.75 Å². The smallest absolute Gasteiger partial charge is 0.288 e. The van der Waals surface area contributed by atoms with Gasteiger partial charge in [-0.05, 0) is 43.0 Å². The maximum absolute atomic E-state index is 11.9. The minimum absolute atomic E-state index is 0.237. The molecule has 2 aromatic rings. The highest BCUT2D eigenvalue weighted by atomic mass is 32.2. The Morgan fingerprint density at radius 1 is 1.15 bits per heavy atom. The Kier molecular flexibility index (Phi) is 5.65. The van der Waals surface area contributed by atoms with E-state index in [4.69, 9.17) is 4.74 Å². The lowest BCUT2D eigenvalue weighted by Gasteiger charge is -2.33. The quantitative estimate of drug-likeness (QED) is 0.555. The van der Waals surface area contributed by atoms with Crippen LogP contribution in [0.25, 0.3) is 0 Å². The molecule has 3 rings (SSSR count). The summed E-state index contributed by atoms with van der Waals surface area (Å²) in [6, 6.07) is 14.0. The Hall–Kier alpha value is -2.61. The van der Waals surface area contributed by atoms with E-state index in [0.29, 0.717) is 18.2 Å². The molecule has 0 aromatic heterocycles. The second-order valence-electron chi connectivity index (χ2n) is 6.74. The van der Waals surface area contributed by atoms with Gasteiger partial charge in [0.15, 0.2) is 9.84 Å². The third-order valence-electron chi connectivity index (χ3n) is 4.75. The number of sulfone groups is 1. The molecule has 1 heterocycles. The largest absolute Gasteiger partial charge is 0.493 e. The number of para-hydroxylation sites is 1. The molecular formula is C19H22N2O5S. The zero-order valence-electron chi connectivity index (χ0n) is 15.1. The van der Waals surface area contributed by atoms with E-state index in [1.54, 1.807) is 6.07 Å². The second kappa shape index (κ2) is 7.96. The highest BCUT2D eigenvalue weighted by Crippen LogP contribution is 2.31. The SMILES string of the molecule is CS(=O)(=O)c1cc(N2CCC(COc3ccccc3)CC2)ccc1[N+](=O)[O-]. The van der Waals surface area contributed by atoms with Crippen LogP contribution < -0.4 is 9.64 Å². The van der Waals surface area contributed by atoms with E-state index in [-0.39, 0.29) is 10.6 Å². The molecule has 0 spiro atoms. The van der Waals surface area contributed by atoms with Gasteiger partial charge in [-0.3, -0.25) is 10.1 Å². The van der Waals surface area contributed by atoms with Crippen LogP contribution in [0, 0.1) is 16.0 Å². The van der Waals surface area contributed by atoms with E-state index < -0.39 is 14.8 Å². The normalized spacial score (nSPS) is 15.5. The third-order valence-corrected chi connectivity index (χ3v) is 5.87. The van der Waals surface area contributed by atoms with Gasteiger partial charge in [-0.25, -0.2) is 8.42 Å². The molecule has 0 N–H and O–H groups in total. The van der Waals surface area contributed by atoms with E-state index in [2.05, 4.69) is 4.90 Å². The topological polar surface area (TPSA) is 89.8 Å². The van der Waals surface area contributed by atoms with Crippen LogP contribution in [0.1, 0.15) is 12.8 Å². The first-order valence-electron chi connectivity index (χ1n) is 8.76. The summed E-state index contributed by atoms with van der Waals surface area (Å²) >= 11 is 0. The lowest BCUT2D eigenvalue weighted by molar-refractivity contribution is -0.387. The fourth-order valence-corrected chi connectivity index (χ4v) is 4.09. The van der Waals surface area contributed by atoms with Crippen LogP contribution in [-0.2, 0) is 9.84 Å². The average Bonchev–Trinajstić information content (AvgIpc) is 2.66. The number of nitrogens with zero attached hydrogens (tertiary/aromatic N) is 2. The summed E-state index contributed by atoms with van der Waals surface area (Å²) in [5, 5.41) is 11.1. The fourth-order valence-electron chi connectivity index (χ4n) is 3.24. The van der Waals surface area contributed by atoms with Crippen molar-refractivity contribution < 1.29 is 18.1 Å². The van der Waals surface area contributed by atoms with Gasteiger partial charge in [0.1, 0.15) is 10.6 Å². The first-order valence-corrected chi connectivity index (χ1v) is 10.6. The van der Waals surface area contributed by atoms with Crippen molar-refractivity contribution >= 4 is 21.2 Å². The predicted octanol–water partition coefficient (Wildman–Crippen LogP) is 3.29. The van der Waals surface area contributed by atoms with E-state index in [1.165, 1.54) is 12.1 Å². The number of ether oxygens (including phenoxy) is 1. The van der Waals surface area contributed by atoms with Crippen LogP contribution in [0.5, 0.6) is 5.75 Å². The van der Waals surface area contributed by atoms with Crippen LogP contribution in [0.3, 0.4) is 0 Å². The molecule has 0 atom stereocenters. The molecule has 1 saturated heterocycles. The molecule has 0 bridgehead atoms. The van der Waals surface area contributed by atoms with Gasteiger partial charge >= 0.3 is 0 Å². The van der Waals surface area contributed by atoms with Crippen LogP contribution in [0.4, 0.5) is 11.4 Å². The molecule has 144 valence electrons. The van der Waals surface area contributed by atoms with Gasteiger partial charge in [-0.15, -0.1) is 0 Å². The molecule has 7 nitrogen and oxygen atoms in total. The highest BCUT2D eigenvalue weighted by Gasteiger charge is 2.25. The highest BCUT2D eigenvalue weighted by molar-refractivity contribution is 7.90. The van der Waals surface area contributed by atoms with Crippen molar-refractivity contribution in [3.05, 3.63) is 58.6 Å². The van der Waals surface area contributed by atoms with Crippen molar-refractivity contribution in [1.82, 2.24) is 0 Å². The molecule has 2 aromatic carbocycles. The molecule has 0 unspecified atom stereocenters. The first kappa shape index (κ1) is 19.2. The Bertz CT molecular complexity index is 907. The number of hydrogen-bond donors (Lipinski definition) is 0. The number of rotatable bonds is 6. The average molecular weight is 390 g/mol. The summed E-state index contributed by atoms with van der Waals surface area (Å²) in [7, 11) is -3.68. The summed E-state index contributed by atoms with van der Waals surface area (Å²) < 4.78 is 29.7. The van der Waals surface area contributed by atoms with Crippen molar-refractivity contribution in [2.75, 3.05) is 30.9 Å². The number of piperidine rings is 1. The van der Waals surface area contributed by atoms with Crippen LogP contribution in [0.2, 0.25) is 0 Å². The summed E-state index contributed by atoms with van der Waals surface area (Å²) in [6.45, 7) is 2.15. The number of anilines is 1. The van der Waals surface area contributed by atoms with Crippen LogP contribution in [-0.4, -0.2) is 39.3 Å². The van der Waals surface area contributed by atoms with Gasteiger partial charge in [0, 0.05) is 31.1 Å². The summed E-state index contributed by atoms with van der Waals surface area (Å²) in [4.78, 5) is 12.3. The molecule has 8 heteroatoms. The summed E-state index contributed by atoms with van der Waals surface area (Å²) in [5.74, 6) is 1.28. The predicted molar refractivity (Wildman–Crippen MR) is 103 cm³/mol. The third kappa shape index (κ3) is 4.77. The molecule has 1 fully saturated rings. The lowest BCUT2D eigenvalue weighted by Crippen LogP contribution is -2.35. The van der Waals surface area contributed by atoms with Gasteiger partial charge in [-0.1, -0.05) is 18.2 Å². The van der Waals surface area contributed by atoms with E-state index >= 15 is 0 Å². The molecular weight excluding hydrogens is 368 g/mol.